The largest absolute Gasteiger partial charge is 0.290 e. The first-order valence-corrected chi connectivity index (χ1v) is 4.52. The van der Waals surface area contributed by atoms with Gasteiger partial charge in [-0.2, -0.15) is 5.10 Å². The molecule has 1 rings (SSSR count). The van der Waals surface area contributed by atoms with E-state index < -0.39 is 0 Å². The highest BCUT2D eigenvalue weighted by Crippen LogP contribution is 2.11. The zero-order valence-electron chi connectivity index (χ0n) is 8.88. The molecule has 0 atom stereocenters. The summed E-state index contributed by atoms with van der Waals surface area (Å²) in [4.78, 5) is 11.7. The molecule has 0 saturated carbocycles. The van der Waals surface area contributed by atoms with Gasteiger partial charge in [0.15, 0.2) is 0 Å². The Morgan fingerprint density at radius 2 is 1.92 bits per heavy atom. The normalized spacial score (nSPS) is 12.5. The summed E-state index contributed by atoms with van der Waals surface area (Å²) in [6.45, 7) is 9.83. The zero-order chi connectivity index (χ0) is 10.2. The van der Waals surface area contributed by atoms with E-state index >= 15 is 0 Å². The Labute approximate surface area is 77.9 Å². The third kappa shape index (κ3) is 1.82. The van der Waals surface area contributed by atoms with Gasteiger partial charge >= 0.3 is 0 Å². The molecule has 74 valence electrons. The molecule has 0 radical (unpaired) electrons. The fourth-order valence-electron chi connectivity index (χ4n) is 1.14. The number of aromatic amines is 1. The molecule has 0 unspecified atom stereocenters. The minimum absolute atomic E-state index is 0.0116. The second-order valence-electron chi connectivity index (χ2n) is 4.56. The summed E-state index contributed by atoms with van der Waals surface area (Å²) in [6, 6.07) is 0. The fourth-order valence-corrected chi connectivity index (χ4v) is 1.14. The molecule has 0 aromatic carbocycles. The number of hydrogen-bond acceptors (Lipinski definition) is 2. The number of rotatable bonds is 1. The topological polar surface area (TPSA) is 50.7 Å². The van der Waals surface area contributed by atoms with Gasteiger partial charge in [-0.3, -0.25) is 4.79 Å². The van der Waals surface area contributed by atoms with Gasteiger partial charge in [-0.1, -0.05) is 13.8 Å². The molecule has 0 aliphatic carbocycles. The van der Waals surface area contributed by atoms with Crippen LogP contribution in [-0.2, 0) is 5.54 Å². The van der Waals surface area contributed by atoms with Gasteiger partial charge < -0.3 is 0 Å². The first-order chi connectivity index (χ1) is 5.84. The molecule has 0 saturated heterocycles. The van der Waals surface area contributed by atoms with Gasteiger partial charge in [0.25, 0.3) is 5.56 Å². The maximum absolute atomic E-state index is 11.7. The van der Waals surface area contributed by atoms with E-state index in [0.29, 0.717) is 5.69 Å². The van der Waals surface area contributed by atoms with Crippen molar-refractivity contribution in [3.8, 4) is 0 Å². The zero-order valence-corrected chi connectivity index (χ0v) is 8.88. The molecule has 1 aromatic heterocycles. The van der Waals surface area contributed by atoms with Crippen LogP contribution in [0.4, 0.5) is 0 Å². The Balaban J connectivity index is 3.23. The summed E-state index contributed by atoms with van der Waals surface area (Å²) in [7, 11) is 0. The quantitative estimate of drug-likeness (QED) is 0.716. The van der Waals surface area contributed by atoms with E-state index in [9.17, 15) is 4.79 Å². The molecule has 0 bridgehead atoms. The van der Waals surface area contributed by atoms with E-state index in [1.165, 1.54) is 0 Å². The van der Waals surface area contributed by atoms with Crippen molar-refractivity contribution in [2.45, 2.75) is 46.1 Å². The molecule has 1 N–H and O–H groups in total. The molecule has 0 aliphatic heterocycles. The average Bonchev–Trinajstić information content (AvgIpc) is 2.28. The monoisotopic (exact) mass is 183 g/mol. The molecule has 4 heteroatoms. The van der Waals surface area contributed by atoms with Crippen LogP contribution in [0.5, 0.6) is 0 Å². The van der Waals surface area contributed by atoms with E-state index in [0.717, 1.165) is 0 Å². The van der Waals surface area contributed by atoms with Crippen molar-refractivity contribution >= 4 is 0 Å². The van der Waals surface area contributed by atoms with Crippen molar-refractivity contribution in [2.24, 2.45) is 0 Å². The third-order valence-corrected chi connectivity index (χ3v) is 1.91. The van der Waals surface area contributed by atoms with Gasteiger partial charge in [0.1, 0.15) is 5.69 Å². The standard InChI is InChI=1S/C9H17N3O/c1-6(2)7-8(13)12(11-10-7)9(3,4)5/h6,11H,1-5H3. The maximum atomic E-state index is 11.7. The second-order valence-corrected chi connectivity index (χ2v) is 4.56. The summed E-state index contributed by atoms with van der Waals surface area (Å²) < 4.78 is 1.56. The van der Waals surface area contributed by atoms with Crippen molar-refractivity contribution in [3.05, 3.63) is 16.0 Å². The van der Waals surface area contributed by atoms with Gasteiger partial charge in [0.2, 0.25) is 0 Å². The summed E-state index contributed by atoms with van der Waals surface area (Å²) in [5.74, 6) is 0.173. The van der Waals surface area contributed by atoms with E-state index in [1.54, 1.807) is 4.68 Å². The smallest absolute Gasteiger partial charge is 0.266 e. The van der Waals surface area contributed by atoms with Crippen LogP contribution in [0.25, 0.3) is 0 Å². The molecule has 0 fully saturated rings. The lowest BCUT2D eigenvalue weighted by Crippen LogP contribution is -2.33. The van der Waals surface area contributed by atoms with Crippen LogP contribution < -0.4 is 5.56 Å². The van der Waals surface area contributed by atoms with Crippen molar-refractivity contribution in [3.63, 3.8) is 0 Å². The predicted molar refractivity (Wildman–Crippen MR) is 51.9 cm³/mol. The van der Waals surface area contributed by atoms with Crippen LogP contribution in [0.2, 0.25) is 0 Å². The van der Waals surface area contributed by atoms with Crippen molar-refractivity contribution < 1.29 is 0 Å². The van der Waals surface area contributed by atoms with E-state index in [4.69, 9.17) is 0 Å². The molecule has 1 aromatic rings. The minimum atomic E-state index is -0.225. The highest BCUT2D eigenvalue weighted by molar-refractivity contribution is 5.00. The van der Waals surface area contributed by atoms with E-state index in [2.05, 4.69) is 10.3 Å². The first-order valence-electron chi connectivity index (χ1n) is 4.52. The predicted octanol–water partition coefficient (Wildman–Crippen LogP) is 1.45. The van der Waals surface area contributed by atoms with Crippen LogP contribution in [0, 0.1) is 0 Å². The first kappa shape index (κ1) is 10.0. The number of H-pyrrole nitrogens is 1. The van der Waals surface area contributed by atoms with Crippen LogP contribution >= 0.6 is 0 Å². The summed E-state index contributed by atoms with van der Waals surface area (Å²) in [5, 5.41) is 6.76. The average molecular weight is 183 g/mol. The van der Waals surface area contributed by atoms with Gasteiger partial charge in [-0.05, 0) is 20.8 Å². The van der Waals surface area contributed by atoms with Crippen LogP contribution in [0.1, 0.15) is 46.2 Å². The lowest BCUT2D eigenvalue weighted by Gasteiger charge is -2.17. The number of nitrogens with one attached hydrogen (secondary N) is 1. The Morgan fingerprint density at radius 1 is 1.38 bits per heavy atom. The second kappa shape index (κ2) is 3.01. The van der Waals surface area contributed by atoms with Gasteiger partial charge in [-0.15, -0.1) is 0 Å². The van der Waals surface area contributed by atoms with Crippen molar-refractivity contribution in [1.82, 2.24) is 15.0 Å². The van der Waals surface area contributed by atoms with Crippen LogP contribution in [0.15, 0.2) is 4.79 Å². The lowest BCUT2D eigenvalue weighted by atomic mass is 10.1. The SMILES string of the molecule is CC(C)c1n[nH]n(C(C)(C)C)c1=O. The Bertz CT molecular complexity index is 340. The number of hydrogen-bond donors (Lipinski definition) is 1. The summed E-state index contributed by atoms with van der Waals surface area (Å²) in [6.07, 6.45) is 0. The summed E-state index contributed by atoms with van der Waals surface area (Å²) >= 11 is 0. The van der Waals surface area contributed by atoms with Crippen molar-refractivity contribution in [1.29, 1.82) is 0 Å². The molecular weight excluding hydrogens is 166 g/mol. The molecular formula is C9H17N3O. The van der Waals surface area contributed by atoms with Gasteiger partial charge in [0.05, 0.1) is 5.54 Å². The van der Waals surface area contributed by atoms with E-state index in [-0.39, 0.29) is 17.0 Å². The van der Waals surface area contributed by atoms with Crippen LogP contribution in [-0.4, -0.2) is 15.0 Å². The lowest BCUT2D eigenvalue weighted by molar-refractivity contribution is 0.337. The molecule has 4 nitrogen and oxygen atoms in total. The van der Waals surface area contributed by atoms with Gasteiger partial charge in [0, 0.05) is 5.92 Å². The highest BCUT2D eigenvalue weighted by atomic mass is 16.1. The van der Waals surface area contributed by atoms with Crippen LogP contribution in [0.3, 0.4) is 0 Å². The molecule has 13 heavy (non-hydrogen) atoms. The molecule has 0 amide bonds. The Morgan fingerprint density at radius 3 is 2.15 bits per heavy atom. The number of aromatic nitrogens is 3. The Kier molecular flexibility index (Phi) is 2.32. The van der Waals surface area contributed by atoms with Crippen molar-refractivity contribution in [2.75, 3.05) is 0 Å². The summed E-state index contributed by atoms with van der Waals surface area (Å²) in [5.41, 5.74) is 0.370. The number of nitrogens with zero attached hydrogens (tertiary/aromatic N) is 2. The van der Waals surface area contributed by atoms with E-state index in [1.807, 2.05) is 34.6 Å². The Hall–Kier alpha value is -1.06. The molecule has 0 aliphatic rings. The highest BCUT2D eigenvalue weighted by Gasteiger charge is 2.20. The maximum Gasteiger partial charge on any atom is 0.290 e. The third-order valence-electron chi connectivity index (χ3n) is 1.91. The molecule has 0 spiro atoms. The van der Waals surface area contributed by atoms with Gasteiger partial charge in [-0.25, -0.2) is 9.90 Å². The minimum Gasteiger partial charge on any atom is -0.266 e. The fraction of sp³-hybridized carbons (Fsp3) is 0.778. The molecule has 1 heterocycles.